The van der Waals surface area contributed by atoms with Crippen molar-refractivity contribution in [1.82, 2.24) is 9.80 Å². The summed E-state index contributed by atoms with van der Waals surface area (Å²) in [5.74, 6) is -0.340. The largest absolute Gasteiger partial charge is 0.507 e. The molecule has 34 heavy (non-hydrogen) atoms. The lowest BCUT2D eigenvalue weighted by Crippen LogP contribution is -2.38. The summed E-state index contributed by atoms with van der Waals surface area (Å²) in [7, 11) is 0. The van der Waals surface area contributed by atoms with Crippen molar-refractivity contribution in [3.05, 3.63) is 65.2 Å². The molecule has 1 fully saturated rings. The lowest BCUT2D eigenvalue weighted by atomic mass is 9.95. The zero-order chi connectivity index (χ0) is 24.7. The van der Waals surface area contributed by atoms with E-state index in [9.17, 15) is 14.7 Å². The van der Waals surface area contributed by atoms with Crippen molar-refractivity contribution in [2.45, 2.75) is 33.7 Å². The predicted octanol–water partition coefficient (Wildman–Crippen LogP) is 4.25. The molecule has 2 aromatic carbocycles. The number of likely N-dealkylation sites (tertiary alicyclic amines) is 1. The summed E-state index contributed by atoms with van der Waals surface area (Å²) < 4.78 is 11.5. The molecule has 1 heterocycles. The minimum absolute atomic E-state index is 0.0855. The van der Waals surface area contributed by atoms with Gasteiger partial charge in [-0.1, -0.05) is 50.2 Å². The van der Waals surface area contributed by atoms with Crippen LogP contribution in [0.25, 0.3) is 5.76 Å². The predicted molar refractivity (Wildman–Crippen MR) is 132 cm³/mol. The number of benzene rings is 2. The molecule has 1 saturated heterocycles. The van der Waals surface area contributed by atoms with E-state index >= 15 is 0 Å². The number of hydrogen-bond acceptors (Lipinski definition) is 6. The van der Waals surface area contributed by atoms with E-state index in [1.54, 1.807) is 41.3 Å². The molecular weight excluding hydrogens is 432 g/mol. The molecule has 2 aromatic rings. The van der Waals surface area contributed by atoms with Crippen LogP contribution in [-0.2, 0) is 9.59 Å². The van der Waals surface area contributed by atoms with Gasteiger partial charge in [0.05, 0.1) is 24.8 Å². The van der Waals surface area contributed by atoms with Crippen molar-refractivity contribution in [3.63, 3.8) is 0 Å². The van der Waals surface area contributed by atoms with Gasteiger partial charge < -0.3 is 24.4 Å². The Kier molecular flexibility index (Phi) is 8.71. The molecule has 1 aliphatic rings. The maximum atomic E-state index is 13.2. The van der Waals surface area contributed by atoms with Crippen LogP contribution < -0.4 is 9.47 Å². The third-order valence-corrected chi connectivity index (χ3v) is 6.02. The molecule has 0 aromatic heterocycles. The number of ether oxygens (including phenoxy) is 2. The minimum atomic E-state index is -0.731. The van der Waals surface area contributed by atoms with Gasteiger partial charge in [0.2, 0.25) is 0 Å². The van der Waals surface area contributed by atoms with Gasteiger partial charge in [0.15, 0.2) is 11.5 Å². The monoisotopic (exact) mass is 466 g/mol. The average Bonchev–Trinajstić information content (AvgIpc) is 3.11. The lowest BCUT2D eigenvalue weighted by molar-refractivity contribution is -0.140. The number of hydrogen-bond donors (Lipinski definition) is 1. The van der Waals surface area contributed by atoms with E-state index in [1.807, 2.05) is 26.0 Å². The second-order valence-corrected chi connectivity index (χ2v) is 7.96. The molecule has 3 rings (SSSR count). The number of likely N-dealkylation sites (N-methyl/N-ethyl adjacent to an activating group) is 1. The number of carbonyl (C=O) groups is 2. The zero-order valence-electron chi connectivity index (χ0n) is 20.4. The van der Waals surface area contributed by atoms with Crippen LogP contribution in [0.4, 0.5) is 0 Å². The topological polar surface area (TPSA) is 79.3 Å². The summed E-state index contributed by atoms with van der Waals surface area (Å²) in [4.78, 5) is 30.1. The van der Waals surface area contributed by atoms with Crippen molar-refractivity contribution >= 4 is 17.4 Å². The van der Waals surface area contributed by atoms with Crippen LogP contribution in [0.5, 0.6) is 11.5 Å². The van der Waals surface area contributed by atoms with Gasteiger partial charge in [-0.05, 0) is 44.6 Å². The van der Waals surface area contributed by atoms with Gasteiger partial charge in [-0.15, -0.1) is 0 Å². The van der Waals surface area contributed by atoms with Gasteiger partial charge in [0.1, 0.15) is 5.76 Å². The van der Waals surface area contributed by atoms with Gasteiger partial charge in [0, 0.05) is 18.7 Å². The highest BCUT2D eigenvalue weighted by Crippen LogP contribution is 2.42. The van der Waals surface area contributed by atoms with Crippen LogP contribution in [0.2, 0.25) is 0 Å². The van der Waals surface area contributed by atoms with Gasteiger partial charge in [-0.2, -0.15) is 0 Å². The molecule has 7 nitrogen and oxygen atoms in total. The minimum Gasteiger partial charge on any atom is -0.507 e. The first-order valence-corrected chi connectivity index (χ1v) is 11.9. The summed E-state index contributed by atoms with van der Waals surface area (Å²) >= 11 is 0. The Hall–Kier alpha value is -3.32. The smallest absolute Gasteiger partial charge is 0.295 e. The van der Waals surface area contributed by atoms with Gasteiger partial charge in [-0.3, -0.25) is 9.59 Å². The quantitative estimate of drug-likeness (QED) is 0.303. The van der Waals surface area contributed by atoms with E-state index < -0.39 is 17.7 Å². The number of carbonyl (C=O) groups excluding carboxylic acids is 2. The van der Waals surface area contributed by atoms with Crippen molar-refractivity contribution in [3.8, 4) is 11.5 Å². The fraction of sp³-hybridized carbons (Fsp3) is 0.407. The van der Waals surface area contributed by atoms with Crippen molar-refractivity contribution in [1.29, 1.82) is 0 Å². The number of aliphatic hydroxyl groups is 1. The highest BCUT2D eigenvalue weighted by atomic mass is 16.5. The van der Waals surface area contributed by atoms with Crippen LogP contribution in [0.15, 0.2) is 54.1 Å². The number of rotatable bonds is 11. The molecule has 0 aliphatic carbocycles. The van der Waals surface area contributed by atoms with E-state index in [0.717, 1.165) is 13.1 Å². The van der Waals surface area contributed by atoms with Crippen LogP contribution in [0.3, 0.4) is 0 Å². The lowest BCUT2D eigenvalue weighted by Gasteiger charge is -2.28. The molecule has 0 radical (unpaired) electrons. The molecule has 0 saturated carbocycles. The Labute approximate surface area is 201 Å². The molecular formula is C27H34N2O5. The number of nitrogens with zero attached hydrogens (tertiary/aromatic N) is 2. The molecule has 0 bridgehead atoms. The number of Topliss-reactive ketones (excluding diaryl/α,β-unsaturated/α-hetero) is 1. The molecule has 0 unspecified atom stereocenters. The third-order valence-electron chi connectivity index (χ3n) is 6.02. The normalized spacial score (nSPS) is 17.4. The Balaban J connectivity index is 2.13. The first-order valence-electron chi connectivity index (χ1n) is 11.9. The van der Waals surface area contributed by atoms with Crippen molar-refractivity contribution < 1.29 is 24.2 Å². The van der Waals surface area contributed by atoms with Crippen LogP contribution in [0, 0.1) is 0 Å². The average molecular weight is 467 g/mol. The Morgan fingerprint density at radius 3 is 2.21 bits per heavy atom. The fourth-order valence-corrected chi connectivity index (χ4v) is 4.24. The summed E-state index contributed by atoms with van der Waals surface area (Å²) in [6.45, 7) is 11.5. The molecule has 7 heteroatoms. The second-order valence-electron chi connectivity index (χ2n) is 7.96. The zero-order valence-corrected chi connectivity index (χ0v) is 20.4. The summed E-state index contributed by atoms with van der Waals surface area (Å²) in [6, 6.07) is 13.5. The van der Waals surface area contributed by atoms with Crippen LogP contribution >= 0.6 is 0 Å². The molecule has 0 spiro atoms. The Morgan fingerprint density at radius 1 is 0.941 bits per heavy atom. The summed E-state index contributed by atoms with van der Waals surface area (Å²) in [5, 5.41) is 11.2. The highest BCUT2D eigenvalue weighted by molar-refractivity contribution is 6.46. The van der Waals surface area contributed by atoms with E-state index in [-0.39, 0.29) is 11.3 Å². The van der Waals surface area contributed by atoms with Gasteiger partial charge in [0.25, 0.3) is 11.7 Å². The van der Waals surface area contributed by atoms with E-state index in [2.05, 4.69) is 18.7 Å². The number of aliphatic hydroxyl groups excluding tert-OH is 1. The number of amides is 1. The Morgan fingerprint density at radius 2 is 1.59 bits per heavy atom. The SMILES string of the molecule is CCOc1ccc([C@H]2/C(=C(\O)c3ccccc3)C(=O)C(=O)N2CCN(CC)CC)cc1OCC. The van der Waals surface area contributed by atoms with Crippen molar-refractivity contribution in [2.75, 3.05) is 39.4 Å². The second kappa shape index (κ2) is 11.7. The first-order chi connectivity index (χ1) is 16.5. The fourth-order valence-electron chi connectivity index (χ4n) is 4.24. The molecule has 1 aliphatic heterocycles. The van der Waals surface area contributed by atoms with Crippen LogP contribution in [0.1, 0.15) is 44.9 Å². The van der Waals surface area contributed by atoms with Crippen LogP contribution in [-0.4, -0.2) is 66.0 Å². The van der Waals surface area contributed by atoms with E-state index in [0.29, 0.717) is 48.9 Å². The Bertz CT molecular complexity index is 1030. The van der Waals surface area contributed by atoms with Gasteiger partial charge >= 0.3 is 0 Å². The van der Waals surface area contributed by atoms with Crippen molar-refractivity contribution in [2.24, 2.45) is 0 Å². The van der Waals surface area contributed by atoms with Gasteiger partial charge in [-0.25, -0.2) is 0 Å². The molecule has 182 valence electrons. The first kappa shape index (κ1) is 25.3. The number of ketones is 1. The molecule has 1 amide bonds. The standard InChI is InChI=1S/C27H34N2O5/c1-5-28(6-2)16-17-29-24(20-14-15-21(33-7-3)22(18-20)34-8-4)23(26(31)27(29)32)25(30)19-12-10-9-11-13-19/h9-15,18,24,30H,5-8,16-17H2,1-4H3/b25-23+/t24-/m0/s1. The summed E-state index contributed by atoms with van der Waals surface area (Å²) in [6.07, 6.45) is 0. The van der Waals surface area contributed by atoms with E-state index in [4.69, 9.17) is 9.47 Å². The third kappa shape index (κ3) is 5.25. The maximum Gasteiger partial charge on any atom is 0.295 e. The molecule has 1 atom stereocenters. The van der Waals surface area contributed by atoms with E-state index in [1.165, 1.54) is 0 Å². The highest BCUT2D eigenvalue weighted by Gasteiger charge is 2.46. The molecule has 1 N–H and O–H groups in total. The maximum absolute atomic E-state index is 13.2. The summed E-state index contributed by atoms with van der Waals surface area (Å²) in [5.41, 5.74) is 1.26.